The number of carbonyl (C=O) groups is 2. The van der Waals surface area contributed by atoms with E-state index in [9.17, 15) is 22.8 Å². The Morgan fingerprint density at radius 1 is 1.10 bits per heavy atom. The number of rotatable bonds is 9. The number of hydrogen-bond donors (Lipinski definition) is 1. The zero-order chi connectivity index (χ0) is 15.8. The minimum Gasteiger partial charge on any atom is -0.481 e. The predicted octanol–water partition coefficient (Wildman–Crippen LogP) is 3.21. The standard InChI is InChI=1S/C13H22F3NO3/c1-3-10(4-2)17(9-13(14,15)16)11(18)7-5-6-8-12(19)20/h10H,3-9H2,1-2H3,(H,19,20). The SMILES string of the molecule is CCC(CC)N(CC(F)(F)F)C(=O)CCCCC(=O)O. The van der Waals surface area contributed by atoms with Crippen molar-refractivity contribution in [3.8, 4) is 0 Å². The van der Waals surface area contributed by atoms with Crippen LogP contribution in [-0.2, 0) is 9.59 Å². The Labute approximate surface area is 116 Å². The molecule has 0 fully saturated rings. The number of hydrogen-bond acceptors (Lipinski definition) is 2. The van der Waals surface area contributed by atoms with Crippen molar-refractivity contribution in [2.75, 3.05) is 6.54 Å². The first-order chi connectivity index (χ1) is 9.21. The van der Waals surface area contributed by atoms with E-state index in [1.807, 2.05) is 0 Å². The Kier molecular flexibility index (Phi) is 8.25. The molecule has 0 radical (unpaired) electrons. The average Bonchev–Trinajstić information content (AvgIpc) is 2.33. The number of amides is 1. The highest BCUT2D eigenvalue weighted by Gasteiger charge is 2.35. The second-order valence-corrected chi connectivity index (χ2v) is 4.71. The van der Waals surface area contributed by atoms with Gasteiger partial charge in [-0.2, -0.15) is 13.2 Å². The van der Waals surface area contributed by atoms with Gasteiger partial charge in [-0.25, -0.2) is 0 Å². The second-order valence-electron chi connectivity index (χ2n) is 4.71. The van der Waals surface area contributed by atoms with E-state index >= 15 is 0 Å². The number of nitrogens with zero attached hydrogens (tertiary/aromatic N) is 1. The first-order valence-electron chi connectivity index (χ1n) is 6.79. The third-order valence-corrected chi connectivity index (χ3v) is 3.08. The Morgan fingerprint density at radius 3 is 2.00 bits per heavy atom. The molecule has 0 aliphatic rings. The van der Waals surface area contributed by atoms with Crippen LogP contribution >= 0.6 is 0 Å². The van der Waals surface area contributed by atoms with Crippen LogP contribution in [0.15, 0.2) is 0 Å². The van der Waals surface area contributed by atoms with Crippen LogP contribution in [0.25, 0.3) is 0 Å². The highest BCUT2D eigenvalue weighted by molar-refractivity contribution is 5.76. The minimum atomic E-state index is -4.42. The molecule has 0 unspecified atom stereocenters. The van der Waals surface area contributed by atoms with Crippen molar-refractivity contribution in [3.05, 3.63) is 0 Å². The Morgan fingerprint density at radius 2 is 1.60 bits per heavy atom. The van der Waals surface area contributed by atoms with Crippen LogP contribution in [0.3, 0.4) is 0 Å². The molecule has 0 saturated carbocycles. The van der Waals surface area contributed by atoms with Crippen LogP contribution in [0.5, 0.6) is 0 Å². The molecule has 0 aromatic rings. The van der Waals surface area contributed by atoms with E-state index in [4.69, 9.17) is 5.11 Å². The Balaban J connectivity index is 4.51. The summed E-state index contributed by atoms with van der Waals surface area (Å²) in [6, 6.07) is -0.427. The topological polar surface area (TPSA) is 57.6 Å². The lowest BCUT2D eigenvalue weighted by molar-refractivity contribution is -0.166. The molecule has 0 aromatic heterocycles. The van der Waals surface area contributed by atoms with Gasteiger partial charge < -0.3 is 10.0 Å². The lowest BCUT2D eigenvalue weighted by Gasteiger charge is -2.31. The van der Waals surface area contributed by atoms with Crippen LogP contribution in [0.4, 0.5) is 13.2 Å². The van der Waals surface area contributed by atoms with Gasteiger partial charge in [0.15, 0.2) is 0 Å². The molecule has 0 heterocycles. The van der Waals surface area contributed by atoms with Gasteiger partial charge in [-0.1, -0.05) is 13.8 Å². The Bertz CT molecular complexity index is 314. The van der Waals surface area contributed by atoms with Gasteiger partial charge in [0.05, 0.1) is 0 Å². The molecule has 0 aromatic carbocycles. The van der Waals surface area contributed by atoms with Crippen LogP contribution in [0.1, 0.15) is 52.4 Å². The van der Waals surface area contributed by atoms with Crippen LogP contribution in [0, 0.1) is 0 Å². The van der Waals surface area contributed by atoms with Crippen molar-refractivity contribution in [2.24, 2.45) is 0 Å². The quantitative estimate of drug-likeness (QED) is 0.665. The van der Waals surface area contributed by atoms with E-state index in [0.29, 0.717) is 25.7 Å². The lowest BCUT2D eigenvalue weighted by atomic mass is 10.1. The van der Waals surface area contributed by atoms with Gasteiger partial charge in [0.1, 0.15) is 6.54 Å². The summed E-state index contributed by atoms with van der Waals surface area (Å²) in [7, 11) is 0. The van der Waals surface area contributed by atoms with E-state index in [1.165, 1.54) is 0 Å². The van der Waals surface area contributed by atoms with Crippen molar-refractivity contribution in [1.82, 2.24) is 4.90 Å². The molecule has 118 valence electrons. The smallest absolute Gasteiger partial charge is 0.406 e. The van der Waals surface area contributed by atoms with E-state index in [2.05, 4.69) is 0 Å². The van der Waals surface area contributed by atoms with Crippen molar-refractivity contribution in [1.29, 1.82) is 0 Å². The zero-order valence-corrected chi connectivity index (χ0v) is 11.9. The van der Waals surface area contributed by atoms with Gasteiger partial charge in [-0.05, 0) is 25.7 Å². The van der Waals surface area contributed by atoms with Gasteiger partial charge >= 0.3 is 12.1 Å². The van der Waals surface area contributed by atoms with Gasteiger partial charge in [-0.3, -0.25) is 9.59 Å². The number of alkyl halides is 3. The fourth-order valence-corrected chi connectivity index (χ4v) is 2.04. The fourth-order valence-electron chi connectivity index (χ4n) is 2.04. The predicted molar refractivity (Wildman–Crippen MR) is 68.2 cm³/mol. The molecule has 0 bridgehead atoms. The lowest BCUT2D eigenvalue weighted by Crippen LogP contribution is -2.45. The highest BCUT2D eigenvalue weighted by atomic mass is 19.4. The summed E-state index contributed by atoms with van der Waals surface area (Å²) in [5.41, 5.74) is 0. The number of carbonyl (C=O) groups excluding carboxylic acids is 1. The van der Waals surface area contributed by atoms with Gasteiger partial charge in [0.2, 0.25) is 5.91 Å². The summed E-state index contributed by atoms with van der Waals surface area (Å²) in [6.45, 7) is 2.25. The summed E-state index contributed by atoms with van der Waals surface area (Å²) in [6.07, 6.45) is -3.01. The summed E-state index contributed by atoms with van der Waals surface area (Å²) in [5.74, 6) is -1.52. The number of carboxylic acids is 1. The van der Waals surface area contributed by atoms with Gasteiger partial charge in [-0.15, -0.1) is 0 Å². The molecule has 1 amide bonds. The number of carboxylic acid groups (broad SMARTS) is 1. The van der Waals surface area contributed by atoms with Crippen molar-refractivity contribution < 1.29 is 27.9 Å². The third-order valence-electron chi connectivity index (χ3n) is 3.08. The van der Waals surface area contributed by atoms with Crippen LogP contribution < -0.4 is 0 Å². The second kappa shape index (κ2) is 8.81. The van der Waals surface area contributed by atoms with Gasteiger partial charge in [0.25, 0.3) is 0 Å². The normalized spacial score (nSPS) is 11.7. The molecule has 4 nitrogen and oxygen atoms in total. The fraction of sp³-hybridized carbons (Fsp3) is 0.846. The molecule has 7 heteroatoms. The zero-order valence-electron chi connectivity index (χ0n) is 11.9. The maximum Gasteiger partial charge on any atom is 0.406 e. The monoisotopic (exact) mass is 297 g/mol. The first kappa shape index (κ1) is 18.7. The van der Waals surface area contributed by atoms with Crippen molar-refractivity contribution in [3.63, 3.8) is 0 Å². The molecule has 0 atom stereocenters. The van der Waals surface area contributed by atoms with E-state index in [1.54, 1.807) is 13.8 Å². The molecule has 0 saturated heterocycles. The molecule has 0 spiro atoms. The highest BCUT2D eigenvalue weighted by Crippen LogP contribution is 2.21. The number of unbranched alkanes of at least 4 members (excludes halogenated alkanes) is 1. The van der Waals surface area contributed by atoms with Crippen LogP contribution in [-0.4, -0.2) is 40.6 Å². The van der Waals surface area contributed by atoms with Crippen molar-refractivity contribution in [2.45, 2.75) is 64.6 Å². The Hall–Kier alpha value is -1.27. The summed E-state index contributed by atoms with van der Waals surface area (Å²) in [5, 5.41) is 8.46. The molecule has 0 aliphatic carbocycles. The summed E-state index contributed by atoms with van der Waals surface area (Å²) >= 11 is 0. The van der Waals surface area contributed by atoms with E-state index in [0.717, 1.165) is 4.90 Å². The average molecular weight is 297 g/mol. The summed E-state index contributed by atoms with van der Waals surface area (Å²) < 4.78 is 37.6. The first-order valence-corrected chi connectivity index (χ1v) is 6.79. The molecule has 0 aliphatic heterocycles. The minimum absolute atomic E-state index is 0.0418. The number of aliphatic carboxylic acids is 1. The molecule has 20 heavy (non-hydrogen) atoms. The van der Waals surface area contributed by atoms with Crippen LogP contribution in [0.2, 0.25) is 0 Å². The molecular formula is C13H22F3NO3. The van der Waals surface area contributed by atoms with Gasteiger partial charge in [0, 0.05) is 18.9 Å². The molecular weight excluding hydrogens is 275 g/mol. The van der Waals surface area contributed by atoms with E-state index < -0.39 is 30.6 Å². The third kappa shape index (κ3) is 8.01. The molecule has 1 N–H and O–H groups in total. The molecule has 0 rings (SSSR count). The number of halogens is 3. The van der Waals surface area contributed by atoms with E-state index in [-0.39, 0.29) is 12.8 Å². The largest absolute Gasteiger partial charge is 0.481 e. The maximum atomic E-state index is 12.5. The van der Waals surface area contributed by atoms with Crippen molar-refractivity contribution >= 4 is 11.9 Å². The maximum absolute atomic E-state index is 12.5. The summed E-state index contributed by atoms with van der Waals surface area (Å²) in [4.78, 5) is 23.1.